The van der Waals surface area contributed by atoms with Gasteiger partial charge in [0.25, 0.3) is 5.91 Å². The average Bonchev–Trinajstić information content (AvgIpc) is 3.33. The van der Waals surface area contributed by atoms with Crippen LogP contribution in [0.5, 0.6) is 0 Å². The number of furan rings is 1. The molecular weight excluding hydrogens is 350 g/mol. The normalized spacial score (nSPS) is 15.4. The van der Waals surface area contributed by atoms with E-state index in [1.807, 2.05) is 18.7 Å². The molecule has 1 fully saturated rings. The van der Waals surface area contributed by atoms with Crippen molar-refractivity contribution < 1.29 is 14.0 Å². The third kappa shape index (κ3) is 4.52. The summed E-state index contributed by atoms with van der Waals surface area (Å²) in [5, 5.41) is 6.14. The second-order valence-corrected chi connectivity index (χ2v) is 7.81. The summed E-state index contributed by atoms with van der Waals surface area (Å²) in [5.41, 5.74) is 1.03. The number of hydrogen-bond donors (Lipinski definition) is 1. The molecule has 3 rings (SSSR count). The van der Waals surface area contributed by atoms with Crippen molar-refractivity contribution in [1.82, 2.24) is 15.2 Å². The number of aromatic nitrogens is 1. The second-order valence-electron chi connectivity index (χ2n) is 6.92. The Morgan fingerprint density at radius 1 is 1.38 bits per heavy atom. The highest BCUT2D eigenvalue weighted by atomic mass is 32.1. The zero-order valence-electron chi connectivity index (χ0n) is 15.2. The molecule has 140 valence electrons. The molecule has 1 aliphatic heterocycles. The fraction of sp³-hybridized carbons (Fsp3) is 0.526. The number of carbonyl (C=O) groups is 2. The lowest BCUT2D eigenvalue weighted by molar-refractivity contribution is -0.123. The molecule has 0 bridgehead atoms. The first kappa shape index (κ1) is 18.6. The summed E-state index contributed by atoms with van der Waals surface area (Å²) in [6, 6.07) is 3.44. The Morgan fingerprint density at radius 2 is 2.15 bits per heavy atom. The lowest BCUT2D eigenvalue weighted by Gasteiger charge is -2.30. The van der Waals surface area contributed by atoms with Gasteiger partial charge in [-0.2, -0.15) is 0 Å². The number of likely N-dealkylation sites (tertiary alicyclic amines) is 1. The van der Waals surface area contributed by atoms with E-state index in [1.165, 1.54) is 6.26 Å². The molecule has 2 aromatic rings. The number of amides is 2. The minimum atomic E-state index is -0.0332. The smallest absolute Gasteiger partial charge is 0.289 e. The highest BCUT2D eigenvalue weighted by Gasteiger charge is 2.27. The Bertz CT molecular complexity index is 731. The number of carbonyl (C=O) groups excluding carboxylic acids is 2. The van der Waals surface area contributed by atoms with Crippen LogP contribution in [0.4, 0.5) is 0 Å². The number of hydrogen-bond acceptors (Lipinski definition) is 5. The third-order valence-electron chi connectivity index (χ3n) is 4.64. The lowest BCUT2D eigenvalue weighted by Crippen LogP contribution is -2.37. The Morgan fingerprint density at radius 3 is 2.81 bits per heavy atom. The van der Waals surface area contributed by atoms with Crippen LogP contribution in [0.1, 0.15) is 53.9 Å². The van der Waals surface area contributed by atoms with Gasteiger partial charge in [-0.15, -0.1) is 11.3 Å². The van der Waals surface area contributed by atoms with Gasteiger partial charge in [0.15, 0.2) is 5.76 Å². The summed E-state index contributed by atoms with van der Waals surface area (Å²) in [6.45, 7) is 5.85. The molecule has 0 radical (unpaired) electrons. The molecule has 2 aromatic heterocycles. The summed E-state index contributed by atoms with van der Waals surface area (Å²) >= 11 is 1.68. The summed E-state index contributed by atoms with van der Waals surface area (Å²) in [5.74, 6) is 0.862. The van der Waals surface area contributed by atoms with E-state index in [0.29, 0.717) is 18.2 Å². The number of nitrogens with one attached hydrogen (secondary N) is 1. The highest BCUT2D eigenvalue weighted by molar-refractivity contribution is 7.09. The van der Waals surface area contributed by atoms with Crippen molar-refractivity contribution >= 4 is 23.2 Å². The van der Waals surface area contributed by atoms with Crippen molar-refractivity contribution in [3.63, 3.8) is 0 Å². The van der Waals surface area contributed by atoms with Crippen LogP contribution in [0.3, 0.4) is 0 Å². The maximum atomic E-state index is 12.3. The standard InChI is InChI=1S/C19H25N3O3S/c1-13(2)17(23)20-8-5-15-12-26-18(21-15)14-6-9-22(10-7-14)19(24)16-4-3-11-25-16/h3-4,11-14H,5-10H2,1-2H3,(H,20,23). The van der Waals surface area contributed by atoms with E-state index in [1.54, 1.807) is 23.5 Å². The van der Waals surface area contributed by atoms with Gasteiger partial charge in [-0.25, -0.2) is 4.98 Å². The maximum Gasteiger partial charge on any atom is 0.289 e. The topological polar surface area (TPSA) is 75.4 Å². The molecule has 0 aliphatic carbocycles. The van der Waals surface area contributed by atoms with E-state index in [0.717, 1.165) is 43.1 Å². The lowest BCUT2D eigenvalue weighted by atomic mass is 9.97. The van der Waals surface area contributed by atoms with Gasteiger partial charge in [0.2, 0.25) is 5.91 Å². The van der Waals surface area contributed by atoms with Gasteiger partial charge in [0.1, 0.15) is 0 Å². The molecule has 7 heteroatoms. The van der Waals surface area contributed by atoms with Crippen molar-refractivity contribution in [2.75, 3.05) is 19.6 Å². The van der Waals surface area contributed by atoms with Crippen LogP contribution in [-0.4, -0.2) is 41.3 Å². The monoisotopic (exact) mass is 375 g/mol. The molecule has 0 unspecified atom stereocenters. The van der Waals surface area contributed by atoms with Gasteiger partial charge >= 0.3 is 0 Å². The molecule has 3 heterocycles. The van der Waals surface area contributed by atoms with Crippen molar-refractivity contribution in [2.24, 2.45) is 5.92 Å². The van der Waals surface area contributed by atoms with Crippen LogP contribution in [0.15, 0.2) is 28.2 Å². The number of piperidine rings is 1. The summed E-state index contributed by atoms with van der Waals surface area (Å²) < 4.78 is 5.20. The molecule has 0 saturated carbocycles. The van der Waals surface area contributed by atoms with Gasteiger partial charge < -0.3 is 14.6 Å². The average molecular weight is 375 g/mol. The first-order chi connectivity index (χ1) is 12.5. The molecule has 1 saturated heterocycles. The summed E-state index contributed by atoms with van der Waals surface area (Å²) in [7, 11) is 0. The highest BCUT2D eigenvalue weighted by Crippen LogP contribution is 2.31. The van der Waals surface area contributed by atoms with Gasteiger partial charge in [-0.1, -0.05) is 13.8 Å². The molecule has 0 spiro atoms. The molecule has 2 amide bonds. The summed E-state index contributed by atoms with van der Waals surface area (Å²) in [4.78, 5) is 30.5. The van der Waals surface area contributed by atoms with E-state index in [2.05, 4.69) is 10.7 Å². The number of nitrogens with zero attached hydrogens (tertiary/aromatic N) is 2. The minimum Gasteiger partial charge on any atom is -0.459 e. The van der Waals surface area contributed by atoms with Crippen molar-refractivity contribution in [3.8, 4) is 0 Å². The number of rotatable bonds is 6. The molecule has 0 atom stereocenters. The predicted molar refractivity (Wildman–Crippen MR) is 100 cm³/mol. The Balaban J connectivity index is 1.47. The zero-order valence-corrected chi connectivity index (χ0v) is 16.1. The molecule has 6 nitrogen and oxygen atoms in total. The van der Waals surface area contributed by atoms with E-state index in [9.17, 15) is 9.59 Å². The molecule has 0 aromatic carbocycles. The zero-order chi connectivity index (χ0) is 18.5. The van der Waals surface area contributed by atoms with Crippen LogP contribution in [0, 0.1) is 5.92 Å². The second kappa shape index (κ2) is 8.49. The van der Waals surface area contributed by atoms with Crippen molar-refractivity contribution in [1.29, 1.82) is 0 Å². The van der Waals surface area contributed by atoms with Gasteiger partial charge in [-0.05, 0) is 25.0 Å². The van der Waals surface area contributed by atoms with Gasteiger partial charge in [-0.3, -0.25) is 9.59 Å². The quantitative estimate of drug-likeness (QED) is 0.842. The van der Waals surface area contributed by atoms with Crippen LogP contribution in [-0.2, 0) is 11.2 Å². The fourth-order valence-corrected chi connectivity index (χ4v) is 4.05. The van der Waals surface area contributed by atoms with E-state index in [4.69, 9.17) is 9.40 Å². The Hall–Kier alpha value is -2.15. The maximum absolute atomic E-state index is 12.3. The van der Waals surface area contributed by atoms with Crippen LogP contribution in [0.2, 0.25) is 0 Å². The third-order valence-corrected chi connectivity index (χ3v) is 5.69. The first-order valence-corrected chi connectivity index (χ1v) is 9.97. The van der Waals surface area contributed by atoms with E-state index < -0.39 is 0 Å². The van der Waals surface area contributed by atoms with Crippen molar-refractivity contribution in [2.45, 2.75) is 39.0 Å². The molecule has 26 heavy (non-hydrogen) atoms. The molecule has 1 N–H and O–H groups in total. The predicted octanol–water partition coefficient (Wildman–Crippen LogP) is 3.07. The van der Waals surface area contributed by atoms with Gasteiger partial charge in [0, 0.05) is 43.3 Å². The minimum absolute atomic E-state index is 0.00932. The van der Waals surface area contributed by atoms with Crippen LogP contribution >= 0.6 is 11.3 Å². The van der Waals surface area contributed by atoms with Crippen molar-refractivity contribution in [3.05, 3.63) is 40.2 Å². The SMILES string of the molecule is CC(C)C(=O)NCCc1csc(C2CCN(C(=O)c3ccco3)CC2)n1. The molecule has 1 aliphatic rings. The van der Waals surface area contributed by atoms with Crippen LogP contribution in [0.25, 0.3) is 0 Å². The summed E-state index contributed by atoms with van der Waals surface area (Å²) in [6.07, 6.45) is 4.12. The van der Waals surface area contributed by atoms with E-state index in [-0.39, 0.29) is 17.7 Å². The first-order valence-electron chi connectivity index (χ1n) is 9.09. The van der Waals surface area contributed by atoms with Crippen LogP contribution < -0.4 is 5.32 Å². The Labute approximate surface area is 157 Å². The van der Waals surface area contributed by atoms with Gasteiger partial charge in [0.05, 0.1) is 17.0 Å². The van der Waals surface area contributed by atoms with E-state index >= 15 is 0 Å². The Kier molecular flexibility index (Phi) is 6.08. The molecular formula is C19H25N3O3S. The number of thiazole rings is 1. The fourth-order valence-electron chi connectivity index (χ4n) is 3.03. The largest absolute Gasteiger partial charge is 0.459 e.